The average Bonchev–Trinajstić information content (AvgIpc) is 0.807. The molecule has 91 heavy (non-hydrogen) atoms. The molecule has 0 aromatic heterocycles. The number of amides is 2. The molecule has 1 unspecified atom stereocenters. The fourth-order valence-electron chi connectivity index (χ4n) is 7.83. The van der Waals surface area contributed by atoms with Crippen molar-refractivity contribution >= 4 is 61.9 Å². The van der Waals surface area contributed by atoms with Gasteiger partial charge < -0.3 is 55.7 Å². The van der Waals surface area contributed by atoms with Gasteiger partial charge in [0.2, 0.25) is 0 Å². The second kappa shape index (κ2) is 28.4. The van der Waals surface area contributed by atoms with Gasteiger partial charge >= 0.3 is 6.09 Å². The van der Waals surface area contributed by atoms with Gasteiger partial charge in [0.05, 0.1) is 20.3 Å². The van der Waals surface area contributed by atoms with E-state index in [4.69, 9.17) is 45.5 Å². The Labute approximate surface area is 557 Å². The first-order valence-electron chi connectivity index (χ1n) is 32.3. The fourth-order valence-corrected chi connectivity index (χ4v) is 13.9. The lowest BCUT2D eigenvalue weighted by Crippen LogP contribution is -2.47. The smallest absolute Gasteiger partial charge is 0.408 e. The molecule has 4 rings (SSSR count). The predicted octanol–water partition coefficient (Wildman–Crippen LogP) is 20.6. The first-order chi connectivity index (χ1) is 41.0. The number of hydrogen-bond donors (Lipinski definition) is 1. The standard InChI is InChI=1S/C71H120N2O12Si6/c1-34-41-78-65(75)72-62(55-40-39-54(76-20)46-56(55)77-21)52-35-37-53(38-36-52)79-49-61(74)73(47-50-42-57(80-86(22,23)66(2,3)4)63(84-90(30,31)70(14,15)16)58(43-50)81-87(24,25)67(5,6)7)48-51-44-59(82-88(26,27)68(8,9)10)64(85-91(32,33)71(17,18)19)60(45-51)83-89(28,29)69(11,12)13/h34-40,42-46,62H,1,41,47-49H2,2-33H3,(H,72,75). The van der Waals surface area contributed by atoms with Crippen LogP contribution in [0.3, 0.4) is 0 Å². The van der Waals surface area contributed by atoms with Crippen LogP contribution in [0.15, 0.2) is 79.4 Å². The molecule has 0 spiro atoms. The summed E-state index contributed by atoms with van der Waals surface area (Å²) in [7, 11) is -12.2. The van der Waals surface area contributed by atoms with E-state index in [0.29, 0.717) is 62.9 Å². The van der Waals surface area contributed by atoms with Crippen molar-refractivity contribution in [1.82, 2.24) is 10.2 Å². The van der Waals surface area contributed by atoms with E-state index in [1.54, 1.807) is 38.5 Å². The molecule has 14 nitrogen and oxygen atoms in total. The Kier molecular flexibility index (Phi) is 24.5. The second-order valence-corrected chi connectivity index (χ2v) is 62.0. The van der Waals surface area contributed by atoms with Gasteiger partial charge in [-0.05, 0) is 174 Å². The molecule has 0 heterocycles. The van der Waals surface area contributed by atoms with Crippen molar-refractivity contribution in [3.05, 3.63) is 102 Å². The number of benzene rings is 4. The van der Waals surface area contributed by atoms with E-state index in [0.717, 1.165) is 11.1 Å². The molecule has 0 saturated carbocycles. The Bertz CT molecular complexity index is 2920. The maximum atomic E-state index is 15.7. The van der Waals surface area contributed by atoms with E-state index in [1.165, 1.54) is 6.08 Å². The Morgan fingerprint density at radius 3 is 1.10 bits per heavy atom. The molecule has 0 bridgehead atoms. The van der Waals surface area contributed by atoms with Crippen molar-refractivity contribution in [2.75, 3.05) is 27.4 Å². The summed E-state index contributed by atoms with van der Waals surface area (Å²) in [5.41, 5.74) is 2.98. The van der Waals surface area contributed by atoms with Crippen LogP contribution in [-0.2, 0) is 22.6 Å². The molecule has 0 saturated heterocycles. The number of carbonyl (C=O) groups is 2. The van der Waals surface area contributed by atoms with Crippen molar-refractivity contribution < 1.29 is 55.1 Å². The van der Waals surface area contributed by atoms with E-state index in [1.807, 2.05) is 23.1 Å². The van der Waals surface area contributed by atoms with Gasteiger partial charge in [-0.25, -0.2) is 4.79 Å². The van der Waals surface area contributed by atoms with Gasteiger partial charge in [-0.1, -0.05) is 149 Å². The van der Waals surface area contributed by atoms with E-state index in [-0.39, 0.29) is 62.4 Å². The predicted molar refractivity (Wildman–Crippen MR) is 392 cm³/mol. The van der Waals surface area contributed by atoms with Crippen molar-refractivity contribution in [3.8, 4) is 51.7 Å². The van der Waals surface area contributed by atoms with Crippen LogP contribution >= 0.6 is 0 Å². The molecule has 20 heteroatoms. The van der Waals surface area contributed by atoms with Crippen LogP contribution in [0.5, 0.6) is 51.7 Å². The Morgan fingerprint density at radius 1 is 0.462 bits per heavy atom. The summed E-state index contributed by atoms with van der Waals surface area (Å²) in [6.07, 6.45) is 0.868. The summed E-state index contributed by atoms with van der Waals surface area (Å²) in [5, 5.41) is 2.04. The van der Waals surface area contributed by atoms with Crippen LogP contribution in [0.2, 0.25) is 109 Å². The number of nitrogens with one attached hydrogen (secondary N) is 1. The molecule has 0 aliphatic rings. The van der Waals surface area contributed by atoms with Gasteiger partial charge in [-0.3, -0.25) is 4.79 Å². The molecule has 0 fully saturated rings. The molecule has 4 aromatic carbocycles. The average molecular weight is 1360 g/mol. The number of alkyl carbamates (subject to hydrolysis) is 1. The highest BCUT2D eigenvalue weighted by molar-refractivity contribution is 6.77. The molecule has 1 atom stereocenters. The third-order valence-corrected chi connectivity index (χ3v) is 46.2. The Balaban J connectivity index is 2.11. The minimum Gasteiger partial charge on any atom is -0.541 e. The largest absolute Gasteiger partial charge is 0.541 e. The van der Waals surface area contributed by atoms with E-state index in [9.17, 15) is 4.79 Å². The third kappa shape index (κ3) is 20.0. The first kappa shape index (κ1) is 78.3. The molecule has 0 aliphatic carbocycles. The van der Waals surface area contributed by atoms with Crippen LogP contribution in [0.1, 0.15) is 153 Å². The molecular weight excluding hydrogens is 1240 g/mol. The van der Waals surface area contributed by atoms with Gasteiger partial charge in [0.15, 0.2) is 18.1 Å². The Morgan fingerprint density at radius 2 is 0.791 bits per heavy atom. The number of methoxy groups -OCH3 is 2. The zero-order valence-corrected chi connectivity index (χ0v) is 68.4. The number of ether oxygens (including phenoxy) is 4. The molecule has 0 radical (unpaired) electrons. The van der Waals surface area contributed by atoms with Crippen LogP contribution in [-0.4, -0.2) is 94.2 Å². The summed E-state index contributed by atoms with van der Waals surface area (Å²) in [6.45, 7) is 71.0. The zero-order valence-electron chi connectivity index (χ0n) is 62.4. The lowest BCUT2D eigenvalue weighted by Gasteiger charge is -2.42. The number of rotatable bonds is 26. The van der Waals surface area contributed by atoms with Gasteiger partial charge in [0.1, 0.15) is 46.9 Å². The van der Waals surface area contributed by atoms with E-state index in [2.05, 4.69) is 239 Å². The van der Waals surface area contributed by atoms with E-state index >= 15 is 4.79 Å². The summed E-state index contributed by atoms with van der Waals surface area (Å²) in [5.74, 6) is 4.94. The van der Waals surface area contributed by atoms with Crippen molar-refractivity contribution in [1.29, 1.82) is 0 Å². The minimum atomic E-state index is -2.56. The van der Waals surface area contributed by atoms with Crippen LogP contribution in [0.4, 0.5) is 4.79 Å². The monoisotopic (exact) mass is 1360 g/mol. The first-order valence-corrected chi connectivity index (χ1v) is 49.7. The zero-order chi connectivity index (χ0) is 69.9. The highest BCUT2D eigenvalue weighted by Gasteiger charge is 2.48. The van der Waals surface area contributed by atoms with Crippen molar-refractivity contribution in [3.63, 3.8) is 0 Å². The minimum absolute atomic E-state index is 0.0272. The fraction of sp³-hybridized carbons (Fsp3) is 0.606. The maximum Gasteiger partial charge on any atom is 0.408 e. The molecular formula is C71H120N2O12Si6. The summed E-state index contributed by atoms with van der Waals surface area (Å²) < 4.78 is 67.8. The molecule has 4 aromatic rings. The Hall–Kier alpha value is -5.14. The number of hydrogen-bond acceptors (Lipinski definition) is 12. The van der Waals surface area contributed by atoms with Gasteiger partial charge in [-0.2, -0.15) is 0 Å². The molecule has 510 valence electrons. The van der Waals surface area contributed by atoms with Crippen molar-refractivity contribution in [2.45, 2.75) is 253 Å². The highest BCUT2D eigenvalue weighted by Crippen LogP contribution is 2.53. The number of nitrogens with zero attached hydrogens (tertiary/aromatic N) is 1. The molecule has 2 amide bonds. The van der Waals surface area contributed by atoms with Crippen LogP contribution in [0.25, 0.3) is 0 Å². The summed E-state index contributed by atoms with van der Waals surface area (Å²) >= 11 is 0. The van der Waals surface area contributed by atoms with Crippen LogP contribution < -0.4 is 46.1 Å². The molecule has 0 aliphatic heterocycles. The molecule has 1 N–H and O–H groups in total. The highest BCUT2D eigenvalue weighted by atomic mass is 28.4. The topological polar surface area (TPSA) is 142 Å². The van der Waals surface area contributed by atoms with Gasteiger partial charge in [0, 0.05) is 24.7 Å². The third-order valence-electron chi connectivity index (χ3n) is 20.2. The van der Waals surface area contributed by atoms with Gasteiger partial charge in [0.25, 0.3) is 55.8 Å². The summed E-state index contributed by atoms with van der Waals surface area (Å²) in [6, 6.07) is 20.3. The van der Waals surface area contributed by atoms with E-state index < -0.39 is 62.0 Å². The second-order valence-electron chi connectivity index (χ2n) is 33.7. The SMILES string of the molecule is C=CCOC(=O)NC(c1ccc(OCC(=O)N(Cc2cc(O[Si](C)(C)C(C)(C)C)c(O[Si](C)(C)C(C)(C)C)c(O[Si](C)(C)C(C)(C)C)c2)Cc2cc(O[Si](C)(C)C(C)(C)C)c(O[Si](C)(C)C(C)(C)C)c(O[Si](C)(C)C(C)(C)C)c2)cc1)c1ccc(OC)cc1OC. The van der Waals surface area contributed by atoms with Gasteiger partial charge in [-0.15, -0.1) is 0 Å². The normalized spacial score (nSPS) is 13.8. The number of carbonyl (C=O) groups excluding carboxylic acids is 2. The van der Waals surface area contributed by atoms with Crippen molar-refractivity contribution in [2.24, 2.45) is 0 Å². The summed E-state index contributed by atoms with van der Waals surface area (Å²) in [4.78, 5) is 30.7. The lowest BCUT2D eigenvalue weighted by atomic mass is 9.97. The maximum absolute atomic E-state index is 15.7. The van der Waals surface area contributed by atoms with Crippen LogP contribution in [0, 0.1) is 0 Å². The quantitative estimate of drug-likeness (QED) is 0.0472. The lowest BCUT2D eigenvalue weighted by molar-refractivity contribution is -0.134.